The summed E-state index contributed by atoms with van der Waals surface area (Å²) in [6.45, 7) is -0.206. The fourth-order valence-electron chi connectivity index (χ4n) is 3.62. The van der Waals surface area contributed by atoms with Gasteiger partial charge in [0.25, 0.3) is 0 Å². The van der Waals surface area contributed by atoms with Crippen LogP contribution in [0.4, 0.5) is 11.4 Å². The van der Waals surface area contributed by atoms with Crippen LogP contribution in [0.15, 0.2) is 77.8 Å². The molecule has 0 bridgehead atoms. The van der Waals surface area contributed by atoms with Gasteiger partial charge in [-0.3, -0.25) is 14.6 Å². The van der Waals surface area contributed by atoms with Crippen molar-refractivity contribution in [3.8, 4) is 11.5 Å². The van der Waals surface area contributed by atoms with Gasteiger partial charge in [0.1, 0.15) is 24.6 Å². The van der Waals surface area contributed by atoms with Crippen LogP contribution < -0.4 is 19.7 Å². The van der Waals surface area contributed by atoms with Crippen LogP contribution in [-0.2, 0) is 9.59 Å². The Morgan fingerprint density at radius 3 is 2.50 bits per heavy atom. The largest absolute Gasteiger partial charge is 0.497 e. The van der Waals surface area contributed by atoms with Crippen LogP contribution in [0, 0.1) is 0 Å². The number of carbonyl (C=O) groups excluding carboxylic acids is 2. The summed E-state index contributed by atoms with van der Waals surface area (Å²) in [4.78, 5) is 31.9. The van der Waals surface area contributed by atoms with E-state index in [4.69, 9.17) is 9.47 Å². The number of fused-ring (bicyclic) bond motifs is 1. The number of nitrogens with zero attached hydrogens (tertiary/aromatic N) is 2. The lowest BCUT2D eigenvalue weighted by molar-refractivity contribution is -0.120. The molecular formula is C25H23N3O4. The first kappa shape index (κ1) is 21.1. The quantitative estimate of drug-likeness (QED) is 0.650. The third-order valence-corrected chi connectivity index (χ3v) is 5.15. The van der Waals surface area contributed by atoms with Gasteiger partial charge < -0.3 is 19.7 Å². The fourth-order valence-corrected chi connectivity index (χ4v) is 3.62. The molecule has 162 valence electrons. The standard InChI is InChI=1S/C25H23N3O4/c1-31-18-12-13-22(32-2)20(14-18)27-23(29)16-28-21-11-7-6-10-19(21)25(26-15-24(28)30)17-8-4-3-5-9-17/h3-14H,15-16H2,1-2H3,(H,27,29). The van der Waals surface area contributed by atoms with E-state index in [9.17, 15) is 9.59 Å². The number of amides is 2. The molecule has 3 aromatic carbocycles. The number of anilines is 2. The molecule has 0 aliphatic carbocycles. The predicted molar refractivity (Wildman–Crippen MR) is 124 cm³/mol. The van der Waals surface area contributed by atoms with Gasteiger partial charge in [-0.15, -0.1) is 0 Å². The van der Waals surface area contributed by atoms with E-state index in [2.05, 4.69) is 10.3 Å². The zero-order valence-corrected chi connectivity index (χ0v) is 17.9. The normalized spacial score (nSPS) is 13.0. The predicted octanol–water partition coefficient (Wildman–Crippen LogP) is 3.53. The van der Waals surface area contributed by atoms with Crippen LogP contribution in [0.3, 0.4) is 0 Å². The molecule has 1 aliphatic rings. The number of para-hydroxylation sites is 1. The summed E-state index contributed by atoms with van der Waals surface area (Å²) in [5, 5.41) is 2.82. The summed E-state index contributed by atoms with van der Waals surface area (Å²) in [6, 6.07) is 22.3. The summed E-state index contributed by atoms with van der Waals surface area (Å²) in [7, 11) is 3.07. The first-order valence-electron chi connectivity index (χ1n) is 10.1. The number of ether oxygens (including phenoxy) is 2. The number of nitrogens with one attached hydrogen (secondary N) is 1. The summed E-state index contributed by atoms with van der Waals surface area (Å²) in [5.74, 6) is 0.466. The van der Waals surface area contributed by atoms with Gasteiger partial charge in [-0.05, 0) is 18.2 Å². The number of hydrogen-bond acceptors (Lipinski definition) is 5. The van der Waals surface area contributed by atoms with Gasteiger partial charge in [-0.1, -0.05) is 48.5 Å². The van der Waals surface area contributed by atoms with Crippen LogP contribution in [-0.4, -0.2) is 44.8 Å². The summed E-state index contributed by atoms with van der Waals surface area (Å²) in [5.41, 5.74) is 3.56. The number of carbonyl (C=O) groups is 2. The van der Waals surface area contributed by atoms with Crippen molar-refractivity contribution >= 4 is 28.9 Å². The van der Waals surface area contributed by atoms with Crippen molar-refractivity contribution < 1.29 is 19.1 Å². The van der Waals surface area contributed by atoms with E-state index >= 15 is 0 Å². The summed E-state index contributed by atoms with van der Waals surface area (Å²) in [6.07, 6.45) is 0. The Morgan fingerprint density at radius 1 is 1.00 bits per heavy atom. The molecule has 2 amide bonds. The van der Waals surface area contributed by atoms with Crippen LogP contribution in [0.25, 0.3) is 0 Å². The van der Waals surface area contributed by atoms with Gasteiger partial charge in [0.05, 0.1) is 31.3 Å². The molecule has 0 radical (unpaired) electrons. The van der Waals surface area contributed by atoms with E-state index in [0.29, 0.717) is 22.9 Å². The topological polar surface area (TPSA) is 80.2 Å². The van der Waals surface area contributed by atoms with Crippen molar-refractivity contribution in [1.82, 2.24) is 0 Å². The van der Waals surface area contributed by atoms with Crippen LogP contribution in [0.5, 0.6) is 11.5 Å². The highest BCUT2D eigenvalue weighted by atomic mass is 16.5. The highest BCUT2D eigenvalue weighted by molar-refractivity contribution is 6.20. The molecule has 0 aromatic heterocycles. The van der Waals surface area contributed by atoms with Gasteiger partial charge in [0.2, 0.25) is 11.8 Å². The fraction of sp³-hybridized carbons (Fsp3) is 0.160. The molecule has 0 fully saturated rings. The van der Waals surface area contributed by atoms with Gasteiger partial charge in [0, 0.05) is 17.2 Å². The second-order valence-electron chi connectivity index (χ2n) is 7.14. The Bertz CT molecular complexity index is 1170. The lowest BCUT2D eigenvalue weighted by Crippen LogP contribution is -2.39. The molecule has 0 saturated heterocycles. The molecule has 0 unspecified atom stereocenters. The maximum Gasteiger partial charge on any atom is 0.249 e. The lowest BCUT2D eigenvalue weighted by atomic mass is 10.0. The van der Waals surface area contributed by atoms with Gasteiger partial charge in [-0.2, -0.15) is 0 Å². The highest BCUT2D eigenvalue weighted by Gasteiger charge is 2.26. The lowest BCUT2D eigenvalue weighted by Gasteiger charge is -2.23. The number of benzodiazepines with no additional fused rings is 1. The third kappa shape index (κ3) is 4.32. The maximum atomic E-state index is 13.0. The van der Waals surface area contributed by atoms with Crippen molar-refractivity contribution in [3.05, 3.63) is 83.9 Å². The van der Waals surface area contributed by atoms with E-state index in [-0.39, 0.29) is 24.9 Å². The SMILES string of the molecule is COc1ccc(OC)c(NC(=O)CN2C(=O)CN=C(c3ccccc3)c3ccccc32)c1. The number of aliphatic imine (C=N–C) groups is 1. The first-order valence-corrected chi connectivity index (χ1v) is 10.1. The number of benzene rings is 3. The van der Waals surface area contributed by atoms with Crippen LogP contribution >= 0.6 is 0 Å². The smallest absolute Gasteiger partial charge is 0.249 e. The van der Waals surface area contributed by atoms with Crippen molar-refractivity contribution in [2.45, 2.75) is 0 Å². The minimum absolute atomic E-state index is 0.0470. The Kier molecular flexibility index (Phi) is 6.17. The zero-order valence-electron chi connectivity index (χ0n) is 17.9. The second kappa shape index (κ2) is 9.34. The second-order valence-corrected chi connectivity index (χ2v) is 7.14. The Labute approximate surface area is 186 Å². The Morgan fingerprint density at radius 2 is 1.75 bits per heavy atom. The van der Waals surface area contributed by atoms with E-state index in [1.54, 1.807) is 25.3 Å². The van der Waals surface area contributed by atoms with Crippen molar-refractivity contribution in [3.63, 3.8) is 0 Å². The third-order valence-electron chi connectivity index (χ3n) is 5.15. The zero-order chi connectivity index (χ0) is 22.5. The summed E-state index contributed by atoms with van der Waals surface area (Å²) < 4.78 is 10.6. The molecule has 1 heterocycles. The number of hydrogen-bond donors (Lipinski definition) is 1. The average Bonchev–Trinajstić information content (AvgIpc) is 2.96. The molecule has 1 aliphatic heterocycles. The average molecular weight is 429 g/mol. The molecule has 0 saturated carbocycles. The van der Waals surface area contributed by atoms with Crippen molar-refractivity contribution in [2.75, 3.05) is 37.5 Å². The van der Waals surface area contributed by atoms with Crippen molar-refractivity contribution in [2.24, 2.45) is 4.99 Å². The maximum absolute atomic E-state index is 13.0. The van der Waals surface area contributed by atoms with E-state index in [0.717, 1.165) is 16.8 Å². The molecule has 0 atom stereocenters. The van der Waals surface area contributed by atoms with Gasteiger partial charge in [-0.25, -0.2) is 0 Å². The monoisotopic (exact) mass is 429 g/mol. The van der Waals surface area contributed by atoms with Crippen LogP contribution in [0.1, 0.15) is 11.1 Å². The molecule has 32 heavy (non-hydrogen) atoms. The summed E-state index contributed by atoms with van der Waals surface area (Å²) >= 11 is 0. The Hall–Kier alpha value is -4.13. The molecular weight excluding hydrogens is 406 g/mol. The van der Waals surface area contributed by atoms with E-state index in [1.165, 1.54) is 12.0 Å². The van der Waals surface area contributed by atoms with Crippen molar-refractivity contribution in [1.29, 1.82) is 0 Å². The van der Waals surface area contributed by atoms with E-state index in [1.807, 2.05) is 54.6 Å². The number of rotatable bonds is 6. The molecule has 3 aromatic rings. The highest BCUT2D eigenvalue weighted by Crippen LogP contribution is 2.30. The minimum atomic E-state index is -0.358. The molecule has 1 N–H and O–H groups in total. The van der Waals surface area contributed by atoms with Crippen LogP contribution in [0.2, 0.25) is 0 Å². The molecule has 0 spiro atoms. The Balaban J connectivity index is 1.63. The van der Waals surface area contributed by atoms with Gasteiger partial charge >= 0.3 is 0 Å². The molecule has 4 rings (SSSR count). The van der Waals surface area contributed by atoms with Gasteiger partial charge in [0.15, 0.2) is 0 Å². The number of methoxy groups -OCH3 is 2. The first-order chi connectivity index (χ1) is 15.6. The molecule has 7 nitrogen and oxygen atoms in total. The minimum Gasteiger partial charge on any atom is -0.497 e. The van der Waals surface area contributed by atoms with E-state index < -0.39 is 0 Å². The molecule has 7 heteroatoms.